The molecule has 16 heavy (non-hydrogen) atoms. The number of nitrogens with zero attached hydrogens (tertiary/aromatic N) is 2. The lowest BCUT2D eigenvalue weighted by Crippen LogP contribution is -1.95. The van der Waals surface area contributed by atoms with Crippen molar-refractivity contribution >= 4 is 5.95 Å². The van der Waals surface area contributed by atoms with Crippen LogP contribution in [0.4, 0.5) is 5.95 Å². The molecule has 0 spiro atoms. The number of nitrogen functional groups attached to an aromatic ring is 1. The minimum absolute atomic E-state index is 0.300. The van der Waals surface area contributed by atoms with Crippen molar-refractivity contribution in [3.8, 4) is 17.0 Å². The second-order valence-electron chi connectivity index (χ2n) is 3.72. The fraction of sp³-hybridized carbons (Fsp3) is 0.167. The predicted octanol–water partition coefficient (Wildman–Crippen LogP) is 1.66. The summed E-state index contributed by atoms with van der Waals surface area (Å²) in [6.45, 7) is 0.769. The Kier molecular flexibility index (Phi) is 1.99. The van der Waals surface area contributed by atoms with Gasteiger partial charge in [-0.2, -0.15) is 0 Å². The van der Waals surface area contributed by atoms with Crippen LogP contribution in [0.5, 0.6) is 5.75 Å². The van der Waals surface area contributed by atoms with Gasteiger partial charge in [0.1, 0.15) is 5.75 Å². The van der Waals surface area contributed by atoms with Crippen LogP contribution >= 0.6 is 0 Å². The minimum Gasteiger partial charge on any atom is -0.493 e. The second-order valence-corrected chi connectivity index (χ2v) is 3.72. The first-order chi connectivity index (χ1) is 7.83. The van der Waals surface area contributed by atoms with Crippen molar-refractivity contribution in [3.05, 3.63) is 36.0 Å². The molecule has 1 aromatic heterocycles. The van der Waals surface area contributed by atoms with Gasteiger partial charge in [0.05, 0.1) is 12.3 Å². The van der Waals surface area contributed by atoms with Crippen LogP contribution in [-0.4, -0.2) is 16.6 Å². The van der Waals surface area contributed by atoms with Crippen LogP contribution in [0.25, 0.3) is 11.3 Å². The summed E-state index contributed by atoms with van der Waals surface area (Å²) < 4.78 is 5.46. The number of fused-ring (bicyclic) bond motifs is 1. The molecule has 2 aromatic rings. The first kappa shape index (κ1) is 9.15. The van der Waals surface area contributed by atoms with Crippen molar-refractivity contribution in [2.45, 2.75) is 6.42 Å². The molecule has 1 aliphatic rings. The quantitative estimate of drug-likeness (QED) is 0.782. The lowest BCUT2D eigenvalue weighted by molar-refractivity contribution is 0.357. The Balaban J connectivity index is 2.07. The third-order valence-corrected chi connectivity index (χ3v) is 2.66. The van der Waals surface area contributed by atoms with E-state index in [-0.39, 0.29) is 0 Å². The van der Waals surface area contributed by atoms with Gasteiger partial charge in [-0.05, 0) is 29.8 Å². The number of aromatic nitrogens is 2. The van der Waals surface area contributed by atoms with E-state index in [0.717, 1.165) is 30.0 Å². The zero-order valence-corrected chi connectivity index (χ0v) is 8.68. The Labute approximate surface area is 93.1 Å². The van der Waals surface area contributed by atoms with Gasteiger partial charge in [-0.3, -0.25) is 0 Å². The maximum Gasteiger partial charge on any atom is 0.220 e. The van der Waals surface area contributed by atoms with E-state index in [1.165, 1.54) is 5.56 Å². The van der Waals surface area contributed by atoms with E-state index in [1.54, 1.807) is 6.20 Å². The highest BCUT2D eigenvalue weighted by Crippen LogP contribution is 2.29. The average Bonchev–Trinajstić information content (AvgIpc) is 2.75. The number of ether oxygens (including phenoxy) is 1. The van der Waals surface area contributed by atoms with Gasteiger partial charge in [-0.25, -0.2) is 9.97 Å². The van der Waals surface area contributed by atoms with E-state index in [2.05, 4.69) is 16.0 Å². The molecule has 2 N–H and O–H groups in total. The number of hydrogen-bond donors (Lipinski definition) is 1. The van der Waals surface area contributed by atoms with Crippen molar-refractivity contribution < 1.29 is 4.74 Å². The van der Waals surface area contributed by atoms with E-state index >= 15 is 0 Å². The Morgan fingerprint density at radius 2 is 2.19 bits per heavy atom. The summed E-state index contributed by atoms with van der Waals surface area (Å²) in [7, 11) is 0. The van der Waals surface area contributed by atoms with Gasteiger partial charge >= 0.3 is 0 Å². The molecule has 0 aliphatic carbocycles. The smallest absolute Gasteiger partial charge is 0.220 e. The van der Waals surface area contributed by atoms with Gasteiger partial charge in [-0.1, -0.05) is 0 Å². The molecule has 4 heteroatoms. The molecule has 1 aliphatic heterocycles. The summed E-state index contributed by atoms with van der Waals surface area (Å²) in [5.74, 6) is 1.28. The van der Waals surface area contributed by atoms with Crippen LogP contribution in [0.1, 0.15) is 5.56 Å². The van der Waals surface area contributed by atoms with E-state index in [4.69, 9.17) is 10.5 Å². The lowest BCUT2D eigenvalue weighted by Gasteiger charge is -2.03. The SMILES string of the molecule is Nc1nccc(-c2ccc3c(c2)CCO3)n1. The van der Waals surface area contributed by atoms with Crippen molar-refractivity contribution in [1.82, 2.24) is 9.97 Å². The normalized spacial score (nSPS) is 13.2. The standard InChI is InChI=1S/C12H11N3O/c13-12-14-5-3-10(15-12)8-1-2-11-9(7-8)4-6-16-11/h1-3,5,7H,4,6H2,(H2,13,14,15). The molecule has 3 rings (SSSR count). The van der Waals surface area contributed by atoms with Crippen molar-refractivity contribution in [2.24, 2.45) is 0 Å². The zero-order chi connectivity index (χ0) is 11.0. The van der Waals surface area contributed by atoms with Gasteiger partial charge in [0.25, 0.3) is 0 Å². The molecule has 0 saturated heterocycles. The topological polar surface area (TPSA) is 61.0 Å². The number of rotatable bonds is 1. The molecule has 80 valence electrons. The third kappa shape index (κ3) is 1.48. The summed E-state index contributed by atoms with van der Waals surface area (Å²) >= 11 is 0. The number of nitrogens with two attached hydrogens (primary N) is 1. The van der Waals surface area contributed by atoms with Crippen molar-refractivity contribution in [3.63, 3.8) is 0 Å². The summed E-state index contributed by atoms with van der Waals surface area (Å²) in [5.41, 5.74) is 8.70. The van der Waals surface area contributed by atoms with E-state index < -0.39 is 0 Å². The van der Waals surface area contributed by atoms with Crippen LogP contribution in [0.3, 0.4) is 0 Å². The molecule has 1 aromatic carbocycles. The molecule has 0 fully saturated rings. The predicted molar refractivity (Wildman–Crippen MR) is 61.1 cm³/mol. The fourth-order valence-electron chi connectivity index (χ4n) is 1.88. The average molecular weight is 213 g/mol. The highest BCUT2D eigenvalue weighted by atomic mass is 16.5. The van der Waals surface area contributed by atoms with Crippen LogP contribution in [-0.2, 0) is 6.42 Å². The highest BCUT2D eigenvalue weighted by Gasteiger charge is 2.12. The zero-order valence-electron chi connectivity index (χ0n) is 8.68. The summed E-state index contributed by atoms with van der Waals surface area (Å²) in [6, 6.07) is 7.93. The third-order valence-electron chi connectivity index (χ3n) is 2.66. The van der Waals surface area contributed by atoms with E-state index in [0.29, 0.717) is 5.95 Å². The number of anilines is 1. The monoisotopic (exact) mass is 213 g/mol. The summed E-state index contributed by atoms with van der Waals surface area (Å²) in [4.78, 5) is 8.07. The molecule has 0 bridgehead atoms. The molecular formula is C12H11N3O. The van der Waals surface area contributed by atoms with Gasteiger partial charge in [-0.15, -0.1) is 0 Å². The Bertz CT molecular complexity index is 540. The lowest BCUT2D eigenvalue weighted by atomic mass is 10.1. The Hall–Kier alpha value is -2.10. The van der Waals surface area contributed by atoms with Crippen LogP contribution < -0.4 is 10.5 Å². The first-order valence-electron chi connectivity index (χ1n) is 5.17. The van der Waals surface area contributed by atoms with E-state index in [9.17, 15) is 0 Å². The van der Waals surface area contributed by atoms with Gasteiger partial charge in [0, 0.05) is 18.2 Å². The molecule has 0 atom stereocenters. The Morgan fingerprint density at radius 1 is 1.25 bits per heavy atom. The molecule has 2 heterocycles. The fourth-order valence-corrected chi connectivity index (χ4v) is 1.88. The largest absolute Gasteiger partial charge is 0.493 e. The number of hydrogen-bond acceptors (Lipinski definition) is 4. The molecule has 0 saturated carbocycles. The molecule has 0 radical (unpaired) electrons. The summed E-state index contributed by atoms with van der Waals surface area (Å²) in [5, 5.41) is 0. The number of benzene rings is 1. The van der Waals surface area contributed by atoms with Gasteiger partial charge in [0.15, 0.2) is 0 Å². The van der Waals surface area contributed by atoms with Gasteiger partial charge in [0.2, 0.25) is 5.95 Å². The summed E-state index contributed by atoms with van der Waals surface area (Å²) in [6.07, 6.45) is 2.63. The van der Waals surface area contributed by atoms with Crippen molar-refractivity contribution in [2.75, 3.05) is 12.3 Å². The Morgan fingerprint density at radius 3 is 3.06 bits per heavy atom. The van der Waals surface area contributed by atoms with Crippen LogP contribution in [0.2, 0.25) is 0 Å². The maximum absolute atomic E-state index is 5.56. The second kappa shape index (κ2) is 3.48. The molecule has 4 nitrogen and oxygen atoms in total. The highest BCUT2D eigenvalue weighted by molar-refractivity contribution is 5.63. The molecule has 0 amide bonds. The van der Waals surface area contributed by atoms with E-state index in [1.807, 2.05) is 18.2 Å². The van der Waals surface area contributed by atoms with Crippen LogP contribution in [0, 0.1) is 0 Å². The minimum atomic E-state index is 0.300. The molecular weight excluding hydrogens is 202 g/mol. The molecule has 0 unspecified atom stereocenters. The van der Waals surface area contributed by atoms with Crippen LogP contribution in [0.15, 0.2) is 30.5 Å². The van der Waals surface area contributed by atoms with Crippen molar-refractivity contribution in [1.29, 1.82) is 0 Å². The maximum atomic E-state index is 5.56. The van der Waals surface area contributed by atoms with Gasteiger partial charge < -0.3 is 10.5 Å². The first-order valence-corrected chi connectivity index (χ1v) is 5.17.